The van der Waals surface area contributed by atoms with Crippen molar-refractivity contribution in [3.8, 4) is 10.7 Å². The Hall–Kier alpha value is -2.44. The quantitative estimate of drug-likeness (QED) is 0.420. The summed E-state index contributed by atoms with van der Waals surface area (Å²) in [4.78, 5) is 17.9. The van der Waals surface area contributed by atoms with E-state index in [0.29, 0.717) is 10.9 Å². The summed E-state index contributed by atoms with van der Waals surface area (Å²) in [7, 11) is 0. The number of benzene rings is 2. The first-order valence-corrected chi connectivity index (χ1v) is 9.27. The topological polar surface area (TPSA) is 58.6 Å². The molecule has 0 aliphatic rings. The minimum Gasteiger partial charge on any atom is -0.293 e. The van der Waals surface area contributed by atoms with Gasteiger partial charge in [-0.1, -0.05) is 54.2 Å². The van der Waals surface area contributed by atoms with Crippen molar-refractivity contribution in [1.29, 1.82) is 0 Å². The number of ketones is 1. The molecule has 0 atom stereocenters. The predicted molar refractivity (Wildman–Crippen MR) is 98.7 cm³/mol. The first kappa shape index (κ1) is 15.1. The Morgan fingerprint density at radius 1 is 1.08 bits per heavy atom. The Morgan fingerprint density at radius 3 is 2.79 bits per heavy atom. The number of thioether (sulfide) groups is 1. The fourth-order valence-electron chi connectivity index (χ4n) is 2.41. The van der Waals surface area contributed by atoms with Gasteiger partial charge in [-0.2, -0.15) is 0 Å². The van der Waals surface area contributed by atoms with Crippen LogP contribution in [0.4, 0.5) is 0 Å². The smallest absolute Gasteiger partial charge is 0.209 e. The number of aromatic amines is 1. The summed E-state index contributed by atoms with van der Waals surface area (Å²) in [5.41, 5.74) is 0.718. The monoisotopic (exact) mass is 351 g/mol. The van der Waals surface area contributed by atoms with Crippen LogP contribution in [0.15, 0.2) is 65.1 Å². The van der Waals surface area contributed by atoms with Gasteiger partial charge in [0.1, 0.15) is 0 Å². The molecule has 0 aliphatic carbocycles. The zero-order valence-electron chi connectivity index (χ0n) is 12.6. The number of fused-ring (bicyclic) bond motifs is 1. The van der Waals surface area contributed by atoms with Crippen molar-refractivity contribution >= 4 is 39.7 Å². The number of hydrogen-bond acceptors (Lipinski definition) is 5. The lowest BCUT2D eigenvalue weighted by Crippen LogP contribution is -2.02. The minimum atomic E-state index is 0.0771. The van der Waals surface area contributed by atoms with Crippen molar-refractivity contribution in [1.82, 2.24) is 15.2 Å². The largest absolute Gasteiger partial charge is 0.293 e. The molecule has 0 bridgehead atoms. The molecule has 0 unspecified atom stereocenters. The maximum Gasteiger partial charge on any atom is 0.209 e. The Bertz CT molecular complexity index is 992. The van der Waals surface area contributed by atoms with E-state index >= 15 is 0 Å². The number of H-pyrrole nitrogens is 1. The van der Waals surface area contributed by atoms with Gasteiger partial charge in [0, 0.05) is 5.56 Å². The van der Waals surface area contributed by atoms with Crippen molar-refractivity contribution < 1.29 is 4.79 Å². The van der Waals surface area contributed by atoms with Crippen LogP contribution in [-0.2, 0) is 0 Å². The van der Waals surface area contributed by atoms with Crippen LogP contribution < -0.4 is 0 Å². The van der Waals surface area contributed by atoms with Crippen LogP contribution in [-0.4, -0.2) is 26.7 Å². The number of hydrogen-bond donors (Lipinski definition) is 1. The predicted octanol–water partition coefficient (Wildman–Crippen LogP) is 4.66. The number of aromatic nitrogens is 3. The summed E-state index contributed by atoms with van der Waals surface area (Å²) < 4.78 is 0. The zero-order chi connectivity index (χ0) is 16.4. The highest BCUT2D eigenvalue weighted by Crippen LogP contribution is 2.24. The Kier molecular flexibility index (Phi) is 4.15. The van der Waals surface area contributed by atoms with E-state index in [9.17, 15) is 4.79 Å². The molecule has 0 spiro atoms. The number of rotatable bonds is 5. The van der Waals surface area contributed by atoms with E-state index in [1.165, 1.54) is 11.8 Å². The average molecular weight is 351 g/mol. The molecular formula is C18H13N3OS2. The molecule has 24 heavy (non-hydrogen) atoms. The lowest BCUT2D eigenvalue weighted by atomic mass is 10.1. The zero-order valence-corrected chi connectivity index (χ0v) is 14.2. The molecule has 2 heterocycles. The second kappa shape index (κ2) is 6.59. The lowest BCUT2D eigenvalue weighted by Gasteiger charge is -2.02. The van der Waals surface area contributed by atoms with Crippen LogP contribution in [0.1, 0.15) is 10.4 Å². The third-order valence-corrected chi connectivity index (χ3v) is 5.35. The maximum absolute atomic E-state index is 12.4. The van der Waals surface area contributed by atoms with E-state index in [0.717, 1.165) is 27.0 Å². The lowest BCUT2D eigenvalue weighted by molar-refractivity contribution is 0.102. The van der Waals surface area contributed by atoms with Gasteiger partial charge in [0.25, 0.3) is 0 Å². The Labute approximate surface area is 146 Å². The molecule has 0 saturated carbocycles. The molecule has 0 radical (unpaired) electrons. The fourth-order valence-corrected chi connectivity index (χ4v) is 3.77. The Morgan fingerprint density at radius 2 is 1.96 bits per heavy atom. The number of nitrogens with zero attached hydrogens (tertiary/aromatic N) is 2. The van der Waals surface area contributed by atoms with Gasteiger partial charge in [0.15, 0.2) is 11.6 Å². The summed E-state index contributed by atoms with van der Waals surface area (Å²) in [6, 6.07) is 17.8. The molecule has 2 aromatic heterocycles. The van der Waals surface area contributed by atoms with Crippen molar-refractivity contribution in [2.75, 3.05) is 5.75 Å². The van der Waals surface area contributed by atoms with Crippen LogP contribution in [0, 0.1) is 0 Å². The molecule has 0 saturated heterocycles. The van der Waals surface area contributed by atoms with Gasteiger partial charge in [-0.15, -0.1) is 16.4 Å². The van der Waals surface area contributed by atoms with Crippen LogP contribution in [0.2, 0.25) is 0 Å². The molecule has 118 valence electrons. The summed E-state index contributed by atoms with van der Waals surface area (Å²) in [5.74, 6) is 1.14. The van der Waals surface area contributed by atoms with Crippen LogP contribution >= 0.6 is 23.1 Å². The number of nitrogens with one attached hydrogen (secondary N) is 1. The second-order valence-electron chi connectivity index (χ2n) is 5.22. The van der Waals surface area contributed by atoms with E-state index in [2.05, 4.69) is 15.2 Å². The van der Waals surface area contributed by atoms with Gasteiger partial charge in [0.05, 0.1) is 10.6 Å². The van der Waals surface area contributed by atoms with E-state index in [4.69, 9.17) is 0 Å². The summed E-state index contributed by atoms with van der Waals surface area (Å²) >= 11 is 2.95. The molecule has 2 aromatic carbocycles. The van der Waals surface area contributed by atoms with Crippen molar-refractivity contribution in [3.05, 3.63) is 65.5 Å². The number of Topliss-reactive ketones (excluding diaryl/α,β-unsaturated/α-hetero) is 1. The molecule has 4 aromatic rings. The molecular weight excluding hydrogens is 338 g/mol. The highest BCUT2D eigenvalue weighted by molar-refractivity contribution is 7.99. The number of carbonyl (C=O) groups excluding carboxylic acids is 1. The summed E-state index contributed by atoms with van der Waals surface area (Å²) in [6.07, 6.45) is 0. The van der Waals surface area contributed by atoms with Crippen molar-refractivity contribution in [3.63, 3.8) is 0 Å². The Balaban J connectivity index is 1.46. The van der Waals surface area contributed by atoms with Gasteiger partial charge in [-0.3, -0.25) is 9.89 Å². The first-order chi connectivity index (χ1) is 11.8. The van der Waals surface area contributed by atoms with Crippen LogP contribution in [0.5, 0.6) is 0 Å². The first-order valence-electron chi connectivity index (χ1n) is 7.41. The molecule has 6 heteroatoms. The molecule has 4 nitrogen and oxygen atoms in total. The van der Waals surface area contributed by atoms with Crippen LogP contribution in [0.25, 0.3) is 21.5 Å². The maximum atomic E-state index is 12.4. The van der Waals surface area contributed by atoms with Gasteiger partial charge in [-0.05, 0) is 28.3 Å². The standard InChI is InChI=1S/C18H13N3OS2/c22-15(14-8-7-12-4-1-2-5-13(12)10-14)11-24-18-19-17(20-21-18)16-6-3-9-23-16/h1-10H,11H2,(H,19,20,21). The molecule has 1 N–H and O–H groups in total. The third kappa shape index (κ3) is 3.11. The van der Waals surface area contributed by atoms with E-state index in [1.54, 1.807) is 11.3 Å². The SMILES string of the molecule is O=C(CSc1n[nH]c(-c2cccs2)n1)c1ccc2ccccc2c1. The molecule has 0 fully saturated rings. The summed E-state index contributed by atoms with van der Waals surface area (Å²) in [5, 5.41) is 11.9. The van der Waals surface area contributed by atoms with Crippen LogP contribution in [0.3, 0.4) is 0 Å². The van der Waals surface area contributed by atoms with Crippen molar-refractivity contribution in [2.24, 2.45) is 0 Å². The van der Waals surface area contributed by atoms with E-state index in [-0.39, 0.29) is 5.78 Å². The van der Waals surface area contributed by atoms with Gasteiger partial charge in [0.2, 0.25) is 5.16 Å². The van der Waals surface area contributed by atoms with Gasteiger partial charge in [-0.25, -0.2) is 4.98 Å². The summed E-state index contributed by atoms with van der Waals surface area (Å²) in [6.45, 7) is 0. The minimum absolute atomic E-state index is 0.0771. The third-order valence-electron chi connectivity index (χ3n) is 3.62. The highest BCUT2D eigenvalue weighted by atomic mass is 32.2. The molecule has 4 rings (SSSR count). The van der Waals surface area contributed by atoms with E-state index in [1.807, 2.05) is 60.0 Å². The molecule has 0 aliphatic heterocycles. The van der Waals surface area contributed by atoms with Crippen molar-refractivity contribution in [2.45, 2.75) is 5.16 Å². The normalized spacial score (nSPS) is 11.0. The number of carbonyl (C=O) groups is 1. The molecule has 0 amide bonds. The highest BCUT2D eigenvalue weighted by Gasteiger charge is 2.11. The number of thiophene rings is 1. The second-order valence-corrected chi connectivity index (χ2v) is 7.11. The van der Waals surface area contributed by atoms with Gasteiger partial charge >= 0.3 is 0 Å². The fraction of sp³-hybridized carbons (Fsp3) is 0.0556. The average Bonchev–Trinajstić information content (AvgIpc) is 3.30. The van der Waals surface area contributed by atoms with Gasteiger partial charge < -0.3 is 0 Å². The van der Waals surface area contributed by atoms with E-state index < -0.39 is 0 Å².